The van der Waals surface area contributed by atoms with Crippen molar-refractivity contribution in [3.8, 4) is 0 Å². The SMILES string of the molecule is Fc1cc(CNC(CCl)c2ccccc2)ccc1Cl. The molecule has 0 heterocycles. The van der Waals surface area contributed by atoms with Gasteiger partial charge >= 0.3 is 0 Å². The van der Waals surface area contributed by atoms with E-state index in [4.69, 9.17) is 23.2 Å². The topological polar surface area (TPSA) is 12.0 Å². The van der Waals surface area contributed by atoms with Crippen molar-refractivity contribution >= 4 is 23.2 Å². The molecule has 0 amide bonds. The predicted molar refractivity (Wildman–Crippen MR) is 78.2 cm³/mol. The van der Waals surface area contributed by atoms with Gasteiger partial charge in [-0.2, -0.15) is 0 Å². The van der Waals surface area contributed by atoms with Crippen LogP contribution in [0.15, 0.2) is 48.5 Å². The van der Waals surface area contributed by atoms with Crippen molar-refractivity contribution in [1.29, 1.82) is 0 Å². The summed E-state index contributed by atoms with van der Waals surface area (Å²) in [5.74, 6) is 0.0585. The van der Waals surface area contributed by atoms with E-state index in [-0.39, 0.29) is 11.1 Å². The summed E-state index contributed by atoms with van der Waals surface area (Å²) in [5, 5.41) is 3.45. The molecule has 0 aliphatic heterocycles. The van der Waals surface area contributed by atoms with Gasteiger partial charge in [-0.05, 0) is 23.3 Å². The molecule has 1 nitrogen and oxygen atoms in total. The van der Waals surface area contributed by atoms with Crippen molar-refractivity contribution in [3.05, 3.63) is 70.5 Å². The summed E-state index contributed by atoms with van der Waals surface area (Å²) in [6.07, 6.45) is 0. The van der Waals surface area contributed by atoms with Crippen LogP contribution in [0.4, 0.5) is 4.39 Å². The zero-order valence-electron chi connectivity index (χ0n) is 10.2. The number of benzene rings is 2. The normalized spacial score (nSPS) is 12.4. The Morgan fingerprint density at radius 2 is 1.84 bits per heavy atom. The summed E-state index contributed by atoms with van der Waals surface area (Å²) >= 11 is 11.6. The molecule has 100 valence electrons. The Labute approximate surface area is 122 Å². The van der Waals surface area contributed by atoms with Gasteiger partial charge < -0.3 is 5.32 Å². The molecule has 1 atom stereocenters. The first-order valence-electron chi connectivity index (χ1n) is 5.99. The lowest BCUT2D eigenvalue weighted by atomic mass is 10.1. The van der Waals surface area contributed by atoms with Crippen molar-refractivity contribution in [2.45, 2.75) is 12.6 Å². The highest BCUT2D eigenvalue weighted by atomic mass is 35.5. The molecule has 1 N–H and O–H groups in total. The van der Waals surface area contributed by atoms with Crippen LogP contribution in [-0.4, -0.2) is 5.88 Å². The highest BCUT2D eigenvalue weighted by molar-refractivity contribution is 6.30. The van der Waals surface area contributed by atoms with Gasteiger partial charge in [0.2, 0.25) is 0 Å². The van der Waals surface area contributed by atoms with Crippen molar-refractivity contribution in [2.24, 2.45) is 0 Å². The zero-order chi connectivity index (χ0) is 13.7. The number of halogens is 3. The van der Waals surface area contributed by atoms with Crippen LogP contribution in [0.3, 0.4) is 0 Å². The molecule has 1 unspecified atom stereocenters. The second-order valence-corrected chi connectivity index (χ2v) is 4.96. The summed E-state index contributed by atoms with van der Waals surface area (Å²) in [4.78, 5) is 0. The molecule has 2 aromatic rings. The molecule has 0 aromatic heterocycles. The standard InChI is InChI=1S/C15H14Cl2FN/c16-9-15(12-4-2-1-3-5-12)19-10-11-6-7-13(17)14(18)8-11/h1-8,15,19H,9-10H2. The van der Waals surface area contributed by atoms with Crippen LogP contribution in [0.1, 0.15) is 17.2 Å². The summed E-state index contributed by atoms with van der Waals surface area (Å²) < 4.78 is 13.3. The van der Waals surface area contributed by atoms with E-state index < -0.39 is 5.82 Å². The lowest BCUT2D eigenvalue weighted by molar-refractivity contribution is 0.573. The Hall–Kier alpha value is -1.09. The van der Waals surface area contributed by atoms with Gasteiger partial charge in [0.25, 0.3) is 0 Å². The molecule has 0 bridgehead atoms. The Bertz CT molecular complexity index is 531. The molecule has 2 rings (SSSR count). The van der Waals surface area contributed by atoms with E-state index in [9.17, 15) is 4.39 Å². The lowest BCUT2D eigenvalue weighted by Crippen LogP contribution is -2.22. The van der Waals surface area contributed by atoms with Crippen molar-refractivity contribution in [3.63, 3.8) is 0 Å². The summed E-state index contributed by atoms with van der Waals surface area (Å²) in [6, 6.07) is 14.8. The smallest absolute Gasteiger partial charge is 0.142 e. The third-order valence-corrected chi connectivity index (χ3v) is 3.51. The molecule has 0 saturated carbocycles. The van der Waals surface area contributed by atoms with Crippen LogP contribution < -0.4 is 5.32 Å². The fourth-order valence-electron chi connectivity index (χ4n) is 1.84. The van der Waals surface area contributed by atoms with E-state index in [0.717, 1.165) is 11.1 Å². The second kappa shape index (κ2) is 6.90. The van der Waals surface area contributed by atoms with Gasteiger partial charge in [0.1, 0.15) is 5.82 Å². The van der Waals surface area contributed by atoms with E-state index in [1.54, 1.807) is 12.1 Å². The van der Waals surface area contributed by atoms with Crippen molar-refractivity contribution < 1.29 is 4.39 Å². The summed E-state index contributed by atoms with van der Waals surface area (Å²) in [5.41, 5.74) is 1.96. The lowest BCUT2D eigenvalue weighted by Gasteiger charge is -2.16. The quantitative estimate of drug-likeness (QED) is 0.799. The van der Waals surface area contributed by atoms with Crippen molar-refractivity contribution in [2.75, 3.05) is 5.88 Å². The first kappa shape index (κ1) is 14.3. The van der Waals surface area contributed by atoms with Crippen LogP contribution in [0.25, 0.3) is 0 Å². The first-order valence-corrected chi connectivity index (χ1v) is 6.90. The highest BCUT2D eigenvalue weighted by Crippen LogP contribution is 2.18. The third-order valence-electron chi connectivity index (χ3n) is 2.89. The average Bonchev–Trinajstić information content (AvgIpc) is 2.44. The number of nitrogens with one attached hydrogen (secondary N) is 1. The van der Waals surface area contributed by atoms with Crippen LogP contribution in [0.5, 0.6) is 0 Å². The predicted octanol–water partition coefficient (Wildman–Crippen LogP) is 4.55. The molecule has 0 radical (unpaired) electrons. The van der Waals surface area contributed by atoms with E-state index >= 15 is 0 Å². The van der Waals surface area contributed by atoms with Crippen LogP contribution in [0, 0.1) is 5.82 Å². The Morgan fingerprint density at radius 3 is 2.47 bits per heavy atom. The molecule has 0 fully saturated rings. The van der Waals surface area contributed by atoms with Crippen LogP contribution in [-0.2, 0) is 6.54 Å². The average molecular weight is 298 g/mol. The minimum atomic E-state index is -0.400. The number of hydrogen-bond donors (Lipinski definition) is 1. The number of rotatable bonds is 5. The fraction of sp³-hybridized carbons (Fsp3) is 0.200. The van der Waals surface area contributed by atoms with E-state index in [1.807, 2.05) is 30.3 Å². The maximum absolute atomic E-state index is 13.3. The maximum Gasteiger partial charge on any atom is 0.142 e. The van der Waals surface area contributed by atoms with Crippen LogP contribution >= 0.6 is 23.2 Å². The maximum atomic E-state index is 13.3. The van der Waals surface area contributed by atoms with Gasteiger partial charge in [0.15, 0.2) is 0 Å². The largest absolute Gasteiger partial charge is 0.305 e. The second-order valence-electron chi connectivity index (χ2n) is 4.25. The molecule has 0 aliphatic carbocycles. The minimum absolute atomic E-state index is 0.0432. The molecule has 0 saturated heterocycles. The minimum Gasteiger partial charge on any atom is -0.305 e. The summed E-state index contributed by atoms with van der Waals surface area (Å²) in [6.45, 7) is 0.542. The van der Waals surface area contributed by atoms with Crippen molar-refractivity contribution in [1.82, 2.24) is 5.32 Å². The van der Waals surface area contributed by atoms with Gasteiger partial charge in [0.05, 0.1) is 5.02 Å². The Balaban J connectivity index is 2.02. The summed E-state index contributed by atoms with van der Waals surface area (Å²) in [7, 11) is 0. The number of alkyl halides is 1. The molecule has 19 heavy (non-hydrogen) atoms. The number of hydrogen-bond acceptors (Lipinski definition) is 1. The van der Waals surface area contributed by atoms with Gasteiger partial charge in [-0.15, -0.1) is 11.6 Å². The fourth-order valence-corrected chi connectivity index (χ4v) is 2.24. The Kier molecular flexibility index (Phi) is 5.20. The van der Waals surface area contributed by atoms with Gasteiger partial charge in [-0.1, -0.05) is 48.0 Å². The van der Waals surface area contributed by atoms with Gasteiger partial charge in [-0.3, -0.25) is 0 Å². The molecule has 4 heteroatoms. The van der Waals surface area contributed by atoms with Gasteiger partial charge in [0, 0.05) is 18.5 Å². The first-order chi connectivity index (χ1) is 9.20. The molecule has 0 spiro atoms. The van der Waals surface area contributed by atoms with E-state index in [1.165, 1.54) is 6.07 Å². The Morgan fingerprint density at radius 1 is 1.11 bits per heavy atom. The van der Waals surface area contributed by atoms with Gasteiger partial charge in [-0.25, -0.2) is 4.39 Å². The zero-order valence-corrected chi connectivity index (χ0v) is 11.8. The van der Waals surface area contributed by atoms with E-state index in [2.05, 4.69) is 5.32 Å². The molecular formula is C15H14Cl2FN. The molecule has 0 aliphatic rings. The molecular weight excluding hydrogens is 284 g/mol. The third kappa shape index (κ3) is 3.93. The molecule has 2 aromatic carbocycles. The monoisotopic (exact) mass is 297 g/mol. The highest BCUT2D eigenvalue weighted by Gasteiger charge is 2.09. The van der Waals surface area contributed by atoms with Crippen LogP contribution in [0.2, 0.25) is 5.02 Å². The van der Waals surface area contributed by atoms with E-state index in [0.29, 0.717) is 12.4 Å².